The summed E-state index contributed by atoms with van der Waals surface area (Å²) in [7, 11) is 0. The number of benzene rings is 2. The molecule has 0 saturated heterocycles. The minimum Gasteiger partial charge on any atom is -0.453 e. The number of H-pyrrole nitrogens is 1. The predicted octanol–water partition coefficient (Wildman–Crippen LogP) is 4.70. The molecule has 2 aromatic carbocycles. The van der Waals surface area contributed by atoms with Crippen LogP contribution in [0.15, 0.2) is 47.1 Å². The number of aromatic nitrogens is 4. The van der Waals surface area contributed by atoms with Crippen molar-refractivity contribution in [1.82, 2.24) is 20.4 Å². The van der Waals surface area contributed by atoms with Crippen molar-refractivity contribution in [2.75, 3.05) is 6.61 Å². The second kappa shape index (κ2) is 8.36. The Morgan fingerprint density at radius 3 is 2.90 bits per heavy atom. The summed E-state index contributed by atoms with van der Waals surface area (Å²) in [4.78, 5) is 0. The van der Waals surface area contributed by atoms with Gasteiger partial charge in [-0.3, -0.25) is 5.10 Å². The van der Waals surface area contributed by atoms with E-state index in [2.05, 4.69) is 36.3 Å². The Kier molecular flexibility index (Phi) is 5.63. The Morgan fingerprint density at radius 1 is 1.30 bits per heavy atom. The van der Waals surface area contributed by atoms with Gasteiger partial charge < -0.3 is 9.84 Å². The van der Waals surface area contributed by atoms with Crippen LogP contribution in [-0.4, -0.2) is 32.1 Å². The van der Waals surface area contributed by atoms with Gasteiger partial charge in [0, 0.05) is 16.0 Å². The van der Waals surface area contributed by atoms with Gasteiger partial charge in [-0.1, -0.05) is 17.7 Å². The highest BCUT2D eigenvalue weighted by Crippen LogP contribution is 2.39. The van der Waals surface area contributed by atoms with E-state index in [0.29, 0.717) is 21.2 Å². The van der Waals surface area contributed by atoms with Crippen molar-refractivity contribution >= 4 is 38.6 Å². The summed E-state index contributed by atoms with van der Waals surface area (Å²) < 4.78 is 21.6. The zero-order valence-electron chi connectivity index (χ0n) is 15.1. The molecule has 0 fully saturated rings. The molecule has 0 radical (unpaired) electrons. The molecule has 0 aliphatic rings. The lowest BCUT2D eigenvalue weighted by Gasteiger charge is -2.18. The number of nitrogens with zero attached hydrogens (tertiary/aromatic N) is 4. The normalized spacial score (nSPS) is 12.0. The monoisotopic (exact) mass is 487 g/mol. The van der Waals surface area contributed by atoms with E-state index in [4.69, 9.17) is 21.6 Å². The van der Waals surface area contributed by atoms with Crippen LogP contribution in [0.3, 0.4) is 0 Å². The number of fused-ring (bicyclic) bond motifs is 1. The first-order valence-corrected chi connectivity index (χ1v) is 9.82. The summed E-state index contributed by atoms with van der Waals surface area (Å²) >= 11 is 9.30. The third-order valence-corrected chi connectivity index (χ3v) is 5.32. The van der Waals surface area contributed by atoms with Crippen molar-refractivity contribution in [1.29, 1.82) is 5.26 Å². The lowest BCUT2D eigenvalue weighted by molar-refractivity contribution is 0.276. The summed E-state index contributed by atoms with van der Waals surface area (Å²) in [6.07, 6.45) is 1.49. The lowest BCUT2D eigenvalue weighted by Crippen LogP contribution is -2.10. The van der Waals surface area contributed by atoms with Crippen molar-refractivity contribution in [3.63, 3.8) is 0 Å². The van der Waals surface area contributed by atoms with Crippen molar-refractivity contribution < 1.29 is 14.2 Å². The van der Waals surface area contributed by atoms with Gasteiger partial charge in [-0.25, -0.2) is 4.39 Å². The van der Waals surface area contributed by atoms with E-state index < -0.39 is 11.7 Å². The van der Waals surface area contributed by atoms with Gasteiger partial charge in [-0.2, -0.15) is 15.5 Å². The number of hydrogen-bond acceptors (Lipinski definition) is 6. The van der Waals surface area contributed by atoms with Crippen LogP contribution in [0.1, 0.15) is 22.7 Å². The van der Waals surface area contributed by atoms with E-state index in [1.165, 1.54) is 24.4 Å². The van der Waals surface area contributed by atoms with Gasteiger partial charge in [-0.05, 0) is 46.3 Å². The first kappa shape index (κ1) is 20.2. The van der Waals surface area contributed by atoms with Gasteiger partial charge in [0.1, 0.15) is 5.75 Å². The molecular weight excluding hydrogens is 477 g/mol. The summed E-state index contributed by atoms with van der Waals surface area (Å²) in [5.74, 6) is -1.31. The number of hydrogen-bond donors (Lipinski definition) is 2. The van der Waals surface area contributed by atoms with Crippen LogP contribution >= 0.6 is 27.5 Å². The molecule has 150 valence electrons. The maximum Gasteiger partial charge on any atom is 0.203 e. The Labute approximate surface area is 183 Å². The lowest BCUT2D eigenvalue weighted by atomic mass is 9.94. The van der Waals surface area contributed by atoms with Crippen LogP contribution in [0.25, 0.3) is 11.0 Å². The third-order valence-electron chi connectivity index (χ3n) is 4.48. The number of nitrogens with one attached hydrogen (secondary N) is 1. The van der Waals surface area contributed by atoms with Gasteiger partial charge in [0.25, 0.3) is 0 Å². The molecule has 0 aliphatic carbocycles. The van der Waals surface area contributed by atoms with Crippen LogP contribution in [0.4, 0.5) is 4.39 Å². The maximum absolute atomic E-state index is 15.5. The second-order valence-corrected chi connectivity index (χ2v) is 7.60. The smallest absolute Gasteiger partial charge is 0.203 e. The number of nitriles is 1. The number of aromatic amines is 1. The average Bonchev–Trinajstić information content (AvgIpc) is 3.17. The fourth-order valence-electron chi connectivity index (χ4n) is 3.12. The first-order chi connectivity index (χ1) is 14.5. The van der Waals surface area contributed by atoms with E-state index >= 15 is 4.39 Å². The standard InChI is InChI=1S/C20H12BrClFN5O2/c21-16-2-1-13(15(9-29)18-14-3-4-25-27-20(14)28-26-18)17(23)19(16)30-12-6-10(8-24)5-11(22)7-12/h1-7,15,29H,9H2,(H,26,27,28). The fourth-order valence-corrected chi connectivity index (χ4v) is 3.73. The van der Waals surface area contributed by atoms with E-state index in [1.54, 1.807) is 18.2 Å². The number of aliphatic hydroxyl groups excluding tert-OH is 1. The van der Waals surface area contributed by atoms with Crippen molar-refractivity contribution in [2.45, 2.75) is 5.92 Å². The molecule has 1 atom stereocenters. The Hall–Kier alpha value is -3.06. The molecule has 30 heavy (non-hydrogen) atoms. The van der Waals surface area contributed by atoms with Crippen molar-refractivity contribution in [3.8, 4) is 17.6 Å². The van der Waals surface area contributed by atoms with Crippen LogP contribution in [0.5, 0.6) is 11.5 Å². The van der Waals surface area contributed by atoms with Crippen LogP contribution in [0, 0.1) is 17.1 Å². The highest BCUT2D eigenvalue weighted by atomic mass is 79.9. The van der Waals surface area contributed by atoms with Gasteiger partial charge in [0.05, 0.1) is 40.5 Å². The highest BCUT2D eigenvalue weighted by molar-refractivity contribution is 9.10. The molecule has 2 aromatic heterocycles. The largest absolute Gasteiger partial charge is 0.453 e. The van der Waals surface area contributed by atoms with Crippen LogP contribution in [0.2, 0.25) is 5.02 Å². The number of aliphatic hydroxyl groups is 1. The molecule has 10 heteroatoms. The molecule has 4 rings (SSSR count). The minimum atomic E-state index is -0.747. The van der Waals surface area contributed by atoms with E-state index in [1.807, 2.05) is 6.07 Å². The molecule has 1 unspecified atom stereocenters. The molecule has 7 nitrogen and oxygen atoms in total. The number of ether oxygens (including phenoxy) is 1. The highest BCUT2D eigenvalue weighted by Gasteiger charge is 2.25. The molecule has 0 saturated carbocycles. The number of rotatable bonds is 5. The SMILES string of the molecule is N#Cc1cc(Cl)cc(Oc2c(Br)ccc(C(CO)c3[nH]nc4nnccc34)c2F)c1. The van der Waals surface area contributed by atoms with E-state index in [-0.39, 0.29) is 34.3 Å². The van der Waals surface area contributed by atoms with E-state index in [9.17, 15) is 5.11 Å². The van der Waals surface area contributed by atoms with E-state index in [0.717, 1.165) is 0 Å². The summed E-state index contributed by atoms with van der Waals surface area (Å²) in [5.41, 5.74) is 1.34. The zero-order valence-corrected chi connectivity index (χ0v) is 17.4. The Balaban J connectivity index is 1.79. The van der Waals surface area contributed by atoms with Crippen molar-refractivity contribution in [3.05, 3.63) is 74.7 Å². The molecule has 0 spiro atoms. The molecule has 0 bridgehead atoms. The molecular formula is C20H12BrClFN5O2. The predicted molar refractivity (Wildman–Crippen MR) is 111 cm³/mol. The van der Waals surface area contributed by atoms with Gasteiger partial charge in [-0.15, -0.1) is 5.10 Å². The second-order valence-electron chi connectivity index (χ2n) is 6.31. The van der Waals surface area contributed by atoms with Crippen LogP contribution < -0.4 is 4.74 Å². The van der Waals surface area contributed by atoms with Gasteiger partial charge >= 0.3 is 0 Å². The average molecular weight is 489 g/mol. The third kappa shape index (κ3) is 3.73. The first-order valence-electron chi connectivity index (χ1n) is 8.64. The minimum absolute atomic E-state index is 0.0966. The Bertz CT molecular complexity index is 1290. The summed E-state index contributed by atoms with van der Waals surface area (Å²) in [6, 6.07) is 11.2. The van der Waals surface area contributed by atoms with Crippen molar-refractivity contribution in [2.24, 2.45) is 0 Å². The molecule has 0 amide bonds. The molecule has 2 N–H and O–H groups in total. The van der Waals surface area contributed by atoms with Gasteiger partial charge in [0.2, 0.25) is 5.65 Å². The van der Waals surface area contributed by atoms with Gasteiger partial charge in [0.15, 0.2) is 11.6 Å². The molecule has 0 aliphatic heterocycles. The summed E-state index contributed by atoms with van der Waals surface area (Å²) in [6.45, 7) is -0.382. The van der Waals surface area contributed by atoms with Crippen LogP contribution in [-0.2, 0) is 0 Å². The molecule has 4 aromatic rings. The Morgan fingerprint density at radius 2 is 2.13 bits per heavy atom. The number of halogens is 3. The zero-order chi connectivity index (χ0) is 21.3. The summed E-state index contributed by atoms with van der Waals surface area (Å²) in [5, 5.41) is 34.6. The molecule has 2 heterocycles. The topological polar surface area (TPSA) is 108 Å². The maximum atomic E-state index is 15.5. The fraction of sp³-hybridized carbons (Fsp3) is 0.100. The quantitative estimate of drug-likeness (QED) is 0.422.